The summed E-state index contributed by atoms with van der Waals surface area (Å²) in [5.41, 5.74) is -3.20. The summed E-state index contributed by atoms with van der Waals surface area (Å²) in [6.45, 7) is -1.37. The SMILES string of the molecule is O=C(O)CC(NCC(O)C(F)(F)F)(c1cccc(OC(F)(F)F)c1)c1cccc(OC(F)(F)F)c1. The van der Waals surface area contributed by atoms with Crippen LogP contribution >= 0.6 is 0 Å². The number of aliphatic carboxylic acids is 1. The van der Waals surface area contributed by atoms with Crippen molar-refractivity contribution in [1.29, 1.82) is 0 Å². The number of ether oxygens (including phenoxy) is 2. The van der Waals surface area contributed by atoms with Gasteiger partial charge < -0.3 is 25.0 Å². The Labute approximate surface area is 190 Å². The second-order valence-electron chi connectivity index (χ2n) is 7.07. The highest BCUT2D eigenvalue weighted by Gasteiger charge is 2.43. The normalized spacial score (nSPS) is 13.9. The largest absolute Gasteiger partial charge is 0.573 e. The Morgan fingerprint density at radius 2 is 1.26 bits per heavy atom. The van der Waals surface area contributed by atoms with Gasteiger partial charge in [0.05, 0.1) is 12.0 Å². The summed E-state index contributed by atoms with van der Waals surface area (Å²) in [5.74, 6) is -3.46. The van der Waals surface area contributed by atoms with E-state index >= 15 is 0 Å². The van der Waals surface area contributed by atoms with Gasteiger partial charge in [0.15, 0.2) is 6.10 Å². The number of benzene rings is 2. The smallest absolute Gasteiger partial charge is 0.481 e. The average Bonchev–Trinajstić information content (AvgIpc) is 2.67. The molecule has 0 aliphatic heterocycles. The molecule has 1 atom stereocenters. The zero-order valence-electron chi connectivity index (χ0n) is 17.1. The maximum absolute atomic E-state index is 12.9. The van der Waals surface area contributed by atoms with E-state index in [0.29, 0.717) is 12.1 Å². The summed E-state index contributed by atoms with van der Waals surface area (Å²) in [6.07, 6.45) is -19.8. The molecule has 0 fully saturated rings. The Hall–Kier alpha value is -3.20. The van der Waals surface area contributed by atoms with Crippen molar-refractivity contribution < 1.29 is 64.0 Å². The number of halogens is 9. The van der Waals surface area contributed by atoms with Gasteiger partial charge in [0.25, 0.3) is 0 Å². The molecular weight excluding hydrogens is 505 g/mol. The van der Waals surface area contributed by atoms with Gasteiger partial charge in [-0.25, -0.2) is 0 Å². The van der Waals surface area contributed by atoms with Crippen molar-refractivity contribution in [1.82, 2.24) is 5.32 Å². The second kappa shape index (κ2) is 10.2. The van der Waals surface area contributed by atoms with Crippen molar-refractivity contribution in [3.63, 3.8) is 0 Å². The van der Waals surface area contributed by atoms with Crippen LogP contribution in [0.1, 0.15) is 17.5 Å². The Morgan fingerprint density at radius 1 is 0.829 bits per heavy atom. The fraction of sp³-hybridized carbons (Fsp3) is 0.350. The number of nitrogens with one attached hydrogen (secondary N) is 1. The van der Waals surface area contributed by atoms with Crippen LogP contribution in [0.3, 0.4) is 0 Å². The zero-order chi connectivity index (χ0) is 26.7. The van der Waals surface area contributed by atoms with E-state index < -0.39 is 72.1 Å². The Morgan fingerprint density at radius 3 is 1.60 bits per heavy atom. The number of aliphatic hydroxyl groups excluding tert-OH is 1. The highest BCUT2D eigenvalue weighted by molar-refractivity contribution is 5.70. The first-order valence-electron chi connectivity index (χ1n) is 9.35. The molecule has 0 bridgehead atoms. The molecule has 3 N–H and O–H groups in total. The number of hydrogen-bond acceptors (Lipinski definition) is 5. The van der Waals surface area contributed by atoms with Gasteiger partial charge in [0.1, 0.15) is 11.5 Å². The van der Waals surface area contributed by atoms with E-state index in [0.717, 1.165) is 36.4 Å². The third kappa shape index (κ3) is 8.20. The van der Waals surface area contributed by atoms with Crippen molar-refractivity contribution in [3.8, 4) is 11.5 Å². The molecule has 194 valence electrons. The highest BCUT2D eigenvalue weighted by atomic mass is 19.4. The second-order valence-corrected chi connectivity index (χ2v) is 7.07. The Balaban J connectivity index is 2.71. The van der Waals surface area contributed by atoms with Crippen LogP contribution < -0.4 is 14.8 Å². The molecule has 0 saturated heterocycles. The first kappa shape index (κ1) is 28.0. The van der Waals surface area contributed by atoms with Crippen LogP contribution in [0, 0.1) is 0 Å². The lowest BCUT2D eigenvalue weighted by molar-refractivity contribution is -0.275. The van der Waals surface area contributed by atoms with E-state index in [9.17, 15) is 54.5 Å². The van der Waals surface area contributed by atoms with Gasteiger partial charge >= 0.3 is 24.9 Å². The molecule has 0 amide bonds. The Kier molecular flexibility index (Phi) is 8.17. The van der Waals surface area contributed by atoms with Gasteiger partial charge in [0, 0.05) is 6.54 Å². The third-order valence-electron chi connectivity index (χ3n) is 4.51. The molecule has 15 heteroatoms. The lowest BCUT2D eigenvalue weighted by Gasteiger charge is -2.36. The number of carboxylic acids is 1. The number of carbonyl (C=O) groups is 1. The van der Waals surface area contributed by atoms with E-state index in [2.05, 4.69) is 14.8 Å². The maximum Gasteiger partial charge on any atom is 0.573 e. The van der Waals surface area contributed by atoms with Gasteiger partial charge in [-0.1, -0.05) is 24.3 Å². The number of carboxylic acid groups (broad SMARTS) is 1. The summed E-state index contributed by atoms with van der Waals surface area (Å²) in [5, 5.41) is 21.0. The van der Waals surface area contributed by atoms with Gasteiger partial charge in [0.2, 0.25) is 0 Å². The quantitative estimate of drug-likeness (QED) is 0.415. The number of rotatable bonds is 9. The topological polar surface area (TPSA) is 88.0 Å². The molecule has 0 aromatic heterocycles. The predicted octanol–water partition coefficient (Wildman–Crippen LogP) is 4.71. The summed E-state index contributed by atoms with van der Waals surface area (Å²) in [6, 6.07) is 6.91. The number of aliphatic hydroxyl groups is 1. The van der Waals surface area contributed by atoms with Crippen LogP contribution in [0.25, 0.3) is 0 Å². The zero-order valence-corrected chi connectivity index (χ0v) is 17.1. The number of alkyl halides is 9. The predicted molar refractivity (Wildman–Crippen MR) is 99.3 cm³/mol. The monoisotopic (exact) mass is 521 g/mol. The minimum Gasteiger partial charge on any atom is -0.481 e. The van der Waals surface area contributed by atoms with Gasteiger partial charge in [-0.2, -0.15) is 13.2 Å². The number of hydrogen-bond donors (Lipinski definition) is 3. The molecule has 6 nitrogen and oxygen atoms in total. The first-order chi connectivity index (χ1) is 15.9. The fourth-order valence-electron chi connectivity index (χ4n) is 3.17. The lowest BCUT2D eigenvalue weighted by atomic mass is 9.79. The van der Waals surface area contributed by atoms with Crippen LogP contribution in [-0.2, 0) is 10.3 Å². The first-order valence-corrected chi connectivity index (χ1v) is 9.35. The van der Waals surface area contributed by atoms with E-state index in [1.54, 1.807) is 0 Å². The Bertz CT molecular complexity index is 962. The van der Waals surface area contributed by atoms with Crippen molar-refractivity contribution >= 4 is 5.97 Å². The molecule has 0 saturated carbocycles. The van der Waals surface area contributed by atoms with Gasteiger partial charge in [-0.15, -0.1) is 26.3 Å². The van der Waals surface area contributed by atoms with E-state index in [-0.39, 0.29) is 0 Å². The van der Waals surface area contributed by atoms with Crippen LogP contribution in [0.2, 0.25) is 0 Å². The highest BCUT2D eigenvalue weighted by Crippen LogP contribution is 2.38. The van der Waals surface area contributed by atoms with Crippen LogP contribution in [-0.4, -0.2) is 47.7 Å². The van der Waals surface area contributed by atoms with Gasteiger partial charge in [-0.3, -0.25) is 4.79 Å². The van der Waals surface area contributed by atoms with Gasteiger partial charge in [-0.05, 0) is 35.4 Å². The molecule has 35 heavy (non-hydrogen) atoms. The van der Waals surface area contributed by atoms with Crippen molar-refractivity contribution in [2.45, 2.75) is 37.0 Å². The summed E-state index contributed by atoms with van der Waals surface area (Å²) in [4.78, 5) is 11.7. The average molecular weight is 521 g/mol. The van der Waals surface area contributed by atoms with E-state index in [1.807, 2.05) is 0 Å². The summed E-state index contributed by atoms with van der Waals surface area (Å²) >= 11 is 0. The van der Waals surface area contributed by atoms with Crippen molar-refractivity contribution in [2.24, 2.45) is 0 Å². The van der Waals surface area contributed by atoms with Crippen LogP contribution in [0.4, 0.5) is 39.5 Å². The lowest BCUT2D eigenvalue weighted by Crippen LogP contribution is -2.50. The molecule has 1 unspecified atom stereocenters. The fourth-order valence-corrected chi connectivity index (χ4v) is 3.17. The molecule has 0 spiro atoms. The van der Waals surface area contributed by atoms with Crippen molar-refractivity contribution in [2.75, 3.05) is 6.54 Å². The summed E-state index contributed by atoms with van der Waals surface area (Å²) in [7, 11) is 0. The molecule has 2 rings (SSSR count). The molecule has 2 aromatic carbocycles. The minimum atomic E-state index is -5.19. The molecular formula is C20H16F9NO5. The van der Waals surface area contributed by atoms with E-state index in [4.69, 9.17) is 0 Å². The molecule has 0 radical (unpaired) electrons. The molecule has 2 aromatic rings. The maximum atomic E-state index is 12.9. The van der Waals surface area contributed by atoms with Crippen LogP contribution in [0.5, 0.6) is 11.5 Å². The molecule has 0 heterocycles. The summed E-state index contributed by atoms with van der Waals surface area (Å²) < 4.78 is 122. The molecule has 0 aliphatic rings. The molecule has 0 aliphatic carbocycles. The van der Waals surface area contributed by atoms with Crippen molar-refractivity contribution in [3.05, 3.63) is 59.7 Å². The minimum absolute atomic E-state index is 0.416. The standard InChI is InChI=1S/C20H16F9NO5/c21-18(22,23)15(31)10-30-17(9-16(32)33,11-3-1-5-13(7-11)34-19(24,25)26)12-4-2-6-14(8-12)35-20(27,28)29/h1-8,15,30-31H,9-10H2,(H,32,33). The third-order valence-corrected chi connectivity index (χ3v) is 4.51. The van der Waals surface area contributed by atoms with E-state index in [1.165, 1.54) is 0 Å². The van der Waals surface area contributed by atoms with Crippen LogP contribution in [0.15, 0.2) is 48.5 Å².